The second-order valence-corrected chi connectivity index (χ2v) is 17.4. The van der Waals surface area contributed by atoms with E-state index in [1.807, 2.05) is 65.0 Å². The first kappa shape index (κ1) is 38.3. The van der Waals surface area contributed by atoms with E-state index < -0.39 is 69.0 Å². The Morgan fingerprint density at radius 2 is 1.59 bits per heavy atom. The monoisotopic (exact) mass is 700 g/mol. The van der Waals surface area contributed by atoms with Crippen LogP contribution in [-0.2, 0) is 43.2 Å². The Kier molecular flexibility index (Phi) is 9.68. The topological polar surface area (TPSA) is 152 Å². The van der Waals surface area contributed by atoms with E-state index in [1.165, 1.54) is 0 Å². The number of phenols is 1. The van der Waals surface area contributed by atoms with Crippen molar-refractivity contribution in [1.82, 2.24) is 0 Å². The van der Waals surface area contributed by atoms with Crippen LogP contribution < -0.4 is 4.74 Å². The van der Waals surface area contributed by atoms with E-state index in [0.29, 0.717) is 16.9 Å². The Morgan fingerprint density at radius 1 is 0.980 bits per heavy atom. The first-order valence-corrected chi connectivity index (χ1v) is 18.0. The Bertz CT molecular complexity index is 1830. The van der Waals surface area contributed by atoms with Gasteiger partial charge >= 0.3 is 0 Å². The summed E-state index contributed by atoms with van der Waals surface area (Å²) >= 11 is 0. The summed E-state index contributed by atoms with van der Waals surface area (Å²) in [6, 6.07) is 9.18. The average Bonchev–Trinajstić information content (AvgIpc) is 2.98. The molecule has 2 aromatic carbocycles. The number of Topliss-reactive ketones (excluding diaryl/α,β-unsaturated/α-hetero) is 6. The van der Waals surface area contributed by atoms with E-state index >= 15 is 0 Å². The molecule has 9 nitrogen and oxygen atoms in total. The lowest BCUT2D eigenvalue weighted by Crippen LogP contribution is -2.76. The van der Waals surface area contributed by atoms with Gasteiger partial charge in [0.05, 0.1) is 11.5 Å². The summed E-state index contributed by atoms with van der Waals surface area (Å²) in [6.07, 6.45) is 0.627. The molecular formula is C42H52O9. The zero-order chi connectivity index (χ0) is 38.2. The number of ketones is 6. The fraction of sp³-hybridized carbons (Fsp3) is 0.571. The van der Waals surface area contributed by atoms with Crippen molar-refractivity contribution in [1.29, 1.82) is 0 Å². The van der Waals surface area contributed by atoms with Gasteiger partial charge in [0, 0.05) is 24.2 Å². The normalized spacial score (nSPS) is 29.2. The number of fused-ring (bicyclic) bond motifs is 3. The summed E-state index contributed by atoms with van der Waals surface area (Å²) in [4.78, 5) is 82.7. The number of phenolic OH excluding ortho intramolecular Hbond substituents is 1. The molecule has 3 unspecified atom stereocenters. The molecule has 0 heterocycles. The fourth-order valence-electron chi connectivity index (χ4n) is 9.61. The summed E-state index contributed by atoms with van der Waals surface area (Å²) in [5, 5.41) is 24.0. The Hall–Kier alpha value is -3.98. The first-order chi connectivity index (χ1) is 23.5. The lowest BCUT2D eigenvalue weighted by Gasteiger charge is -2.62. The fourth-order valence-corrected chi connectivity index (χ4v) is 9.61. The van der Waals surface area contributed by atoms with Crippen molar-refractivity contribution in [3.8, 4) is 11.5 Å². The second kappa shape index (κ2) is 12.9. The maximum absolute atomic E-state index is 14.6. The van der Waals surface area contributed by atoms with Gasteiger partial charge in [0.1, 0.15) is 34.6 Å². The lowest BCUT2D eigenvalue weighted by molar-refractivity contribution is -0.205. The first-order valence-electron chi connectivity index (χ1n) is 18.0. The van der Waals surface area contributed by atoms with Gasteiger partial charge in [-0.1, -0.05) is 59.7 Å². The largest absolute Gasteiger partial charge is 0.507 e. The molecule has 3 aliphatic rings. The molecule has 6 atom stereocenters. The molecule has 2 N–H and O–H groups in total. The Morgan fingerprint density at radius 3 is 2.12 bits per heavy atom. The minimum Gasteiger partial charge on any atom is -0.507 e. The van der Waals surface area contributed by atoms with E-state index in [-0.39, 0.29) is 60.7 Å². The molecule has 0 saturated heterocycles. The van der Waals surface area contributed by atoms with E-state index in [4.69, 9.17) is 4.74 Å². The van der Waals surface area contributed by atoms with Crippen LogP contribution in [-0.4, -0.2) is 56.1 Å². The Balaban J connectivity index is 1.50. The van der Waals surface area contributed by atoms with E-state index in [1.54, 1.807) is 27.7 Å². The van der Waals surface area contributed by atoms with Crippen molar-refractivity contribution in [3.63, 3.8) is 0 Å². The molecule has 3 aliphatic carbocycles. The van der Waals surface area contributed by atoms with Crippen LogP contribution in [0.1, 0.15) is 121 Å². The highest BCUT2D eigenvalue weighted by molar-refractivity contribution is 6.32. The molecule has 2 aromatic rings. The van der Waals surface area contributed by atoms with Crippen molar-refractivity contribution in [2.75, 3.05) is 0 Å². The quantitative estimate of drug-likeness (QED) is 0.294. The van der Waals surface area contributed by atoms with Crippen LogP contribution in [0.5, 0.6) is 11.5 Å². The van der Waals surface area contributed by atoms with Crippen LogP contribution in [0, 0.1) is 34.5 Å². The zero-order valence-corrected chi connectivity index (χ0v) is 31.6. The number of aliphatic hydroxyl groups is 1. The maximum Gasteiger partial charge on any atom is 0.190 e. The number of aromatic hydroxyl groups is 1. The zero-order valence-electron chi connectivity index (χ0n) is 31.6. The molecule has 0 bridgehead atoms. The summed E-state index contributed by atoms with van der Waals surface area (Å²) < 4.78 is 5.87. The maximum atomic E-state index is 14.6. The van der Waals surface area contributed by atoms with Gasteiger partial charge in [-0.25, -0.2) is 0 Å². The molecule has 0 amide bonds. The number of rotatable bonds is 9. The summed E-state index contributed by atoms with van der Waals surface area (Å²) in [6.45, 7) is 17.8. The van der Waals surface area contributed by atoms with Gasteiger partial charge < -0.3 is 14.9 Å². The van der Waals surface area contributed by atoms with Crippen molar-refractivity contribution in [2.45, 2.75) is 118 Å². The number of carbonyl (C=O) groups is 6. The highest BCUT2D eigenvalue weighted by atomic mass is 16.5. The minimum absolute atomic E-state index is 0.000891. The van der Waals surface area contributed by atoms with Crippen LogP contribution >= 0.6 is 0 Å². The average molecular weight is 701 g/mol. The molecule has 0 spiro atoms. The van der Waals surface area contributed by atoms with Gasteiger partial charge in [-0.05, 0) is 98.6 Å². The third kappa shape index (κ3) is 6.19. The molecule has 5 rings (SSSR count). The van der Waals surface area contributed by atoms with Crippen LogP contribution in [0.15, 0.2) is 30.3 Å². The second-order valence-electron chi connectivity index (χ2n) is 17.4. The van der Waals surface area contributed by atoms with Crippen molar-refractivity contribution >= 4 is 34.7 Å². The molecule has 51 heavy (non-hydrogen) atoms. The van der Waals surface area contributed by atoms with Gasteiger partial charge in [-0.3, -0.25) is 28.8 Å². The Labute approximate surface area is 300 Å². The highest BCUT2D eigenvalue weighted by Gasteiger charge is 2.76. The van der Waals surface area contributed by atoms with E-state index in [9.17, 15) is 39.0 Å². The molecule has 9 heteroatoms. The molecule has 0 aliphatic heterocycles. The van der Waals surface area contributed by atoms with Crippen LogP contribution in [0.4, 0.5) is 0 Å². The van der Waals surface area contributed by atoms with Crippen LogP contribution in [0.3, 0.4) is 0 Å². The van der Waals surface area contributed by atoms with Crippen LogP contribution in [0.2, 0.25) is 0 Å². The molecule has 2 saturated carbocycles. The molecule has 274 valence electrons. The predicted octanol–water partition coefficient (Wildman–Crippen LogP) is 6.14. The molecule has 0 aromatic heterocycles. The van der Waals surface area contributed by atoms with Crippen LogP contribution in [0.25, 0.3) is 0 Å². The summed E-state index contributed by atoms with van der Waals surface area (Å²) in [7, 11) is 0. The number of carbonyl (C=O) groups excluding carboxylic acids is 6. The number of benzene rings is 2. The lowest BCUT2D eigenvalue weighted by atomic mass is 9.39. The number of aryl methyl sites for hydroxylation is 1. The predicted molar refractivity (Wildman–Crippen MR) is 191 cm³/mol. The van der Waals surface area contributed by atoms with Crippen molar-refractivity contribution < 1.29 is 43.7 Å². The molecular weight excluding hydrogens is 648 g/mol. The van der Waals surface area contributed by atoms with Gasteiger partial charge in [-0.2, -0.15) is 0 Å². The smallest absolute Gasteiger partial charge is 0.190 e. The number of ether oxygens (including phenoxy) is 1. The van der Waals surface area contributed by atoms with Gasteiger partial charge in [0.25, 0.3) is 0 Å². The third-order valence-electron chi connectivity index (χ3n) is 11.5. The minimum atomic E-state index is -2.75. The molecule has 0 radical (unpaired) electrons. The standard InChI is InChI=1S/C42H52O9/c1-21(2)28-18-25(13-14-26(44)17-24-11-15-27(16-12-24)51-39(6,7)8)34(45)31-29(28)19-40(9)20-41(10)32(22(3)4)35(46)30(23(5)43)37(48)42(41,50)38(49)33(40)36(31)47/h11-12,15-16,18,21-22,30,32-33,45,50H,13-14,17,19-20H2,1-10H3/t30?,32?,33?,40-,41-,42+/m1/s1. The van der Waals surface area contributed by atoms with Crippen molar-refractivity contribution in [3.05, 3.63) is 58.1 Å². The van der Waals surface area contributed by atoms with Crippen molar-refractivity contribution in [2.24, 2.45) is 34.5 Å². The third-order valence-corrected chi connectivity index (χ3v) is 11.5. The SMILES string of the molecule is CC(=O)C1C(=O)C(C(C)C)[C@@]2(C)C[C@@]3(C)Cc4c(C(C)C)cc(CCC(=O)Cc5ccc(OC(C)(C)C)cc5)c(O)c4C(=O)C3C(=O)[C@@]2(O)C1=O. The van der Waals surface area contributed by atoms with E-state index in [0.717, 1.165) is 18.1 Å². The number of hydrogen-bond donors (Lipinski definition) is 2. The summed E-state index contributed by atoms with van der Waals surface area (Å²) in [5.74, 6) is -8.67. The van der Waals surface area contributed by atoms with Gasteiger partial charge in [0.2, 0.25) is 0 Å². The van der Waals surface area contributed by atoms with Gasteiger partial charge in [-0.15, -0.1) is 0 Å². The summed E-state index contributed by atoms with van der Waals surface area (Å²) in [5.41, 5.74) is -3.17. The molecule has 2 fully saturated rings. The number of hydrogen-bond acceptors (Lipinski definition) is 9. The van der Waals surface area contributed by atoms with Gasteiger partial charge in [0.15, 0.2) is 28.7 Å². The van der Waals surface area contributed by atoms with E-state index in [2.05, 4.69) is 0 Å². The highest BCUT2D eigenvalue weighted by Crippen LogP contribution is 2.64.